The second kappa shape index (κ2) is 12.1. The van der Waals surface area contributed by atoms with E-state index in [9.17, 15) is 9.59 Å². The van der Waals surface area contributed by atoms with E-state index >= 15 is 0 Å². The van der Waals surface area contributed by atoms with E-state index in [0.717, 1.165) is 24.0 Å². The van der Waals surface area contributed by atoms with E-state index in [1.807, 2.05) is 20.8 Å². The van der Waals surface area contributed by atoms with Crippen LogP contribution in [-0.2, 0) is 19.1 Å². The fourth-order valence-corrected chi connectivity index (χ4v) is 12.0. The van der Waals surface area contributed by atoms with Gasteiger partial charge >= 0.3 is 11.9 Å². The summed E-state index contributed by atoms with van der Waals surface area (Å²) >= 11 is 0. The molecule has 0 bridgehead atoms. The minimum atomic E-state index is -0.483. The molecule has 4 saturated carbocycles. The molecule has 0 radical (unpaired) electrons. The first-order valence-electron chi connectivity index (χ1n) is 18.7. The third kappa shape index (κ3) is 5.79. The number of hydrogen-bond acceptors (Lipinski definition) is 5. The fourth-order valence-electron chi connectivity index (χ4n) is 12.0. The van der Waals surface area contributed by atoms with Crippen molar-refractivity contribution in [2.45, 2.75) is 156 Å². The Morgan fingerprint density at radius 3 is 2.11 bits per heavy atom. The first kappa shape index (κ1) is 32.8. The van der Waals surface area contributed by atoms with E-state index < -0.39 is 5.41 Å². The Labute approximate surface area is 268 Å². The molecule has 6 aliphatic rings. The number of hydrogen-bond donors (Lipinski definition) is 0. The average Bonchev–Trinajstić information content (AvgIpc) is 3.09. The van der Waals surface area contributed by atoms with Gasteiger partial charge in [-0.3, -0.25) is 14.5 Å². The Bertz CT molecular complexity index is 1060. The molecule has 6 fully saturated rings. The van der Waals surface area contributed by atoms with E-state index in [1.54, 1.807) is 6.92 Å². The molecule has 10 atom stereocenters. The Hall–Kier alpha value is -1.14. The molecule has 4 aliphatic carbocycles. The summed E-state index contributed by atoms with van der Waals surface area (Å²) in [6, 6.07) is 0.755. The minimum Gasteiger partial charge on any atom is -0.461 e. The number of rotatable bonds is 4. The van der Waals surface area contributed by atoms with Crippen LogP contribution in [0.1, 0.15) is 131 Å². The van der Waals surface area contributed by atoms with Crippen LogP contribution < -0.4 is 0 Å². The number of nitrogens with zero attached hydrogens (tertiary/aromatic N) is 2. The number of ether oxygens (including phenoxy) is 2. The van der Waals surface area contributed by atoms with Gasteiger partial charge in [0, 0.05) is 24.8 Å². The highest BCUT2D eigenvalue weighted by atomic mass is 16.6. The topological polar surface area (TPSA) is 55.8 Å². The second-order valence-electron chi connectivity index (χ2n) is 18.2. The van der Waals surface area contributed by atoms with Gasteiger partial charge in [0.15, 0.2) is 6.10 Å². The van der Waals surface area contributed by atoms with Gasteiger partial charge in [-0.15, -0.1) is 0 Å². The first-order valence-corrected chi connectivity index (χ1v) is 18.7. The third-order valence-electron chi connectivity index (χ3n) is 14.5. The predicted octanol–water partition coefficient (Wildman–Crippen LogP) is 7.38. The number of esters is 2. The molecule has 250 valence electrons. The standard InChI is InChI=1S/C38H65N2O4/c1-26(41)43-33-23-27-15-16-28-29(38(27,6)25-31(33)39-19-11-10-12-20-39)17-18-37(5)30(28)24-32(34(37)44-35(42)36(2,3)4)40(7)21-13-8-9-14-22-40/h27-34H,8-25H2,1-7H3/q+1/t27-,28+,29-,30-,31-,32-,33-,34-,37-,38-/m0/s1. The van der Waals surface area contributed by atoms with E-state index in [0.29, 0.717) is 35.8 Å². The summed E-state index contributed by atoms with van der Waals surface area (Å²) in [5, 5.41) is 0. The van der Waals surface area contributed by atoms with E-state index in [1.165, 1.54) is 96.6 Å². The van der Waals surface area contributed by atoms with Crippen LogP contribution in [0.2, 0.25) is 0 Å². The lowest BCUT2D eigenvalue weighted by atomic mass is 9.44. The predicted molar refractivity (Wildman–Crippen MR) is 175 cm³/mol. The van der Waals surface area contributed by atoms with Crippen LogP contribution in [0.5, 0.6) is 0 Å². The summed E-state index contributed by atoms with van der Waals surface area (Å²) in [5.74, 6) is 2.52. The number of likely N-dealkylation sites (tertiary alicyclic amines) is 2. The Kier molecular flexibility index (Phi) is 9.05. The molecular weight excluding hydrogens is 548 g/mol. The highest BCUT2D eigenvalue weighted by molar-refractivity contribution is 5.75. The van der Waals surface area contributed by atoms with E-state index in [4.69, 9.17) is 9.47 Å². The quantitative estimate of drug-likeness (QED) is 0.245. The molecule has 0 aromatic carbocycles. The molecular formula is C38H65N2O4+. The van der Waals surface area contributed by atoms with Crippen molar-refractivity contribution in [1.29, 1.82) is 0 Å². The zero-order valence-corrected chi connectivity index (χ0v) is 29.4. The van der Waals surface area contributed by atoms with E-state index in [2.05, 4.69) is 25.8 Å². The van der Waals surface area contributed by atoms with E-state index in [-0.39, 0.29) is 35.0 Å². The van der Waals surface area contributed by atoms with Gasteiger partial charge < -0.3 is 14.0 Å². The van der Waals surface area contributed by atoms with Crippen LogP contribution in [0.25, 0.3) is 0 Å². The monoisotopic (exact) mass is 613 g/mol. The summed E-state index contributed by atoms with van der Waals surface area (Å²) in [5.41, 5.74) is -0.159. The van der Waals surface area contributed by atoms with Crippen LogP contribution in [0, 0.1) is 39.9 Å². The van der Waals surface area contributed by atoms with Gasteiger partial charge in [-0.1, -0.05) is 20.3 Å². The molecule has 0 aromatic heterocycles. The summed E-state index contributed by atoms with van der Waals surface area (Å²) in [7, 11) is 2.50. The second-order valence-corrected chi connectivity index (χ2v) is 18.2. The zero-order valence-electron chi connectivity index (χ0n) is 29.4. The normalized spacial score (nSPS) is 44.4. The number of fused-ring (bicyclic) bond motifs is 5. The van der Waals surface area contributed by atoms with Crippen molar-refractivity contribution in [1.82, 2.24) is 4.90 Å². The van der Waals surface area contributed by atoms with Crippen molar-refractivity contribution in [3.8, 4) is 0 Å². The molecule has 6 nitrogen and oxygen atoms in total. The van der Waals surface area contributed by atoms with Crippen molar-refractivity contribution in [3.05, 3.63) is 0 Å². The Balaban J connectivity index is 1.30. The SMILES string of the molecule is CC(=O)O[C@H]1C[C@@H]2CC[C@@H]3[C@H](CC[C@@]4(C)[C@H]3C[C@H]([N+]3(C)CCCCCC3)[C@@H]4OC(=O)C(C)(C)C)[C@@]2(C)C[C@@H]1N1CCCCC1. The summed E-state index contributed by atoms with van der Waals surface area (Å²) in [6.07, 6.45) is 17.5. The van der Waals surface area contributed by atoms with Crippen LogP contribution in [-0.4, -0.2) is 78.8 Å². The van der Waals surface area contributed by atoms with Gasteiger partial charge in [-0.05, 0) is 140 Å². The molecule has 0 N–H and O–H groups in total. The van der Waals surface area contributed by atoms with Gasteiger partial charge in [0.2, 0.25) is 0 Å². The maximum atomic E-state index is 13.6. The lowest BCUT2D eigenvalue weighted by molar-refractivity contribution is -0.935. The third-order valence-corrected chi connectivity index (χ3v) is 14.5. The number of piperidine rings is 1. The number of carbonyl (C=O) groups excluding carboxylic acids is 2. The van der Waals surface area contributed by atoms with Gasteiger partial charge in [0.1, 0.15) is 12.1 Å². The van der Waals surface area contributed by atoms with Crippen molar-refractivity contribution in [2.75, 3.05) is 33.2 Å². The van der Waals surface area contributed by atoms with Gasteiger partial charge in [0.25, 0.3) is 0 Å². The van der Waals surface area contributed by atoms with Gasteiger partial charge in [-0.2, -0.15) is 0 Å². The number of likely N-dealkylation sites (N-methyl/N-ethyl adjacent to an activating group) is 1. The zero-order chi connectivity index (χ0) is 31.5. The highest BCUT2D eigenvalue weighted by Gasteiger charge is 2.67. The van der Waals surface area contributed by atoms with Crippen molar-refractivity contribution in [3.63, 3.8) is 0 Å². The molecule has 0 aromatic rings. The van der Waals surface area contributed by atoms with Gasteiger partial charge in [0.05, 0.1) is 25.6 Å². The Morgan fingerprint density at radius 1 is 0.818 bits per heavy atom. The highest BCUT2D eigenvalue weighted by Crippen LogP contribution is 2.68. The molecule has 0 amide bonds. The molecule has 0 unspecified atom stereocenters. The van der Waals surface area contributed by atoms with Crippen LogP contribution in [0.4, 0.5) is 0 Å². The maximum Gasteiger partial charge on any atom is 0.311 e. The van der Waals surface area contributed by atoms with Crippen molar-refractivity contribution >= 4 is 11.9 Å². The summed E-state index contributed by atoms with van der Waals surface area (Å²) < 4.78 is 14.0. The maximum absolute atomic E-state index is 13.6. The van der Waals surface area contributed by atoms with Crippen LogP contribution >= 0.6 is 0 Å². The van der Waals surface area contributed by atoms with Crippen molar-refractivity contribution < 1.29 is 23.5 Å². The summed E-state index contributed by atoms with van der Waals surface area (Å²) in [4.78, 5) is 28.6. The molecule has 2 heterocycles. The Morgan fingerprint density at radius 2 is 1.48 bits per heavy atom. The number of quaternary nitrogens is 1. The fraction of sp³-hybridized carbons (Fsp3) is 0.947. The minimum absolute atomic E-state index is 0.00889. The lowest BCUT2D eigenvalue weighted by Gasteiger charge is -2.62. The van der Waals surface area contributed by atoms with Gasteiger partial charge in [-0.25, -0.2) is 0 Å². The van der Waals surface area contributed by atoms with Crippen LogP contribution in [0.15, 0.2) is 0 Å². The molecule has 6 rings (SSSR count). The number of carbonyl (C=O) groups is 2. The molecule has 0 spiro atoms. The molecule has 6 heteroatoms. The molecule has 2 saturated heterocycles. The molecule has 44 heavy (non-hydrogen) atoms. The smallest absolute Gasteiger partial charge is 0.311 e. The molecule has 2 aliphatic heterocycles. The lowest BCUT2D eigenvalue weighted by Crippen LogP contribution is -2.61. The average molecular weight is 614 g/mol. The summed E-state index contributed by atoms with van der Waals surface area (Å²) in [6.45, 7) is 17.6. The largest absolute Gasteiger partial charge is 0.461 e. The first-order chi connectivity index (χ1) is 20.8. The van der Waals surface area contributed by atoms with Crippen molar-refractivity contribution in [2.24, 2.45) is 39.9 Å². The van der Waals surface area contributed by atoms with Crippen LogP contribution in [0.3, 0.4) is 0 Å².